The zero-order valence-electron chi connectivity index (χ0n) is 24.7. The second-order valence-corrected chi connectivity index (χ2v) is 12.6. The summed E-state index contributed by atoms with van der Waals surface area (Å²) in [5.74, 6) is 0. The van der Waals surface area contributed by atoms with E-state index in [4.69, 9.17) is 4.98 Å². The molecule has 4 heteroatoms. The first-order valence-corrected chi connectivity index (χ1v) is 15.2. The van der Waals surface area contributed by atoms with E-state index in [2.05, 4.69) is 128 Å². The highest BCUT2D eigenvalue weighted by molar-refractivity contribution is 6.90. The van der Waals surface area contributed by atoms with Crippen LogP contribution in [-0.2, 0) is 0 Å². The molecule has 2 aliphatic rings. The van der Waals surface area contributed by atoms with E-state index in [9.17, 15) is 0 Å². The van der Waals surface area contributed by atoms with Crippen molar-refractivity contribution in [1.82, 2.24) is 14.0 Å². The van der Waals surface area contributed by atoms with Crippen molar-refractivity contribution >= 4 is 61.4 Å². The van der Waals surface area contributed by atoms with Crippen LogP contribution in [0.25, 0.3) is 71.7 Å². The minimum absolute atomic E-state index is 0.0656. The van der Waals surface area contributed by atoms with Gasteiger partial charge in [0.1, 0.15) is 0 Å². The summed E-state index contributed by atoms with van der Waals surface area (Å²) in [5, 5.41) is 5.19. The smallest absolute Gasteiger partial charge is 0.333 e. The lowest BCUT2D eigenvalue weighted by Gasteiger charge is -2.34. The Kier molecular flexibility index (Phi) is 4.28. The molecule has 10 rings (SSSR count). The van der Waals surface area contributed by atoms with Gasteiger partial charge in [0.15, 0.2) is 0 Å². The van der Waals surface area contributed by atoms with Gasteiger partial charge in [-0.3, -0.25) is 4.98 Å². The third-order valence-electron chi connectivity index (χ3n) is 10.1. The molecule has 0 bridgehead atoms. The standard InChI is InChI=1S/C39H28BN3/c1-21-18-23(3)34(24(4)19-21)25-13-15-32-29(20-25)28-16-17-41-37-35-22(2)12-14-33-36(35)40(43(32)39(28)37)30-10-7-9-27-26-8-5-6-11-31(26)42(33)38(27)30/h5-20H,1-4H3. The Labute approximate surface area is 250 Å². The van der Waals surface area contributed by atoms with Crippen molar-refractivity contribution in [2.45, 2.75) is 27.7 Å². The molecule has 3 aromatic heterocycles. The van der Waals surface area contributed by atoms with Crippen LogP contribution in [0, 0.1) is 27.7 Å². The largest absolute Gasteiger partial charge is 0.374 e. The van der Waals surface area contributed by atoms with E-state index in [1.807, 2.05) is 6.20 Å². The molecule has 5 heterocycles. The zero-order valence-corrected chi connectivity index (χ0v) is 24.7. The molecule has 0 spiro atoms. The van der Waals surface area contributed by atoms with E-state index in [0.29, 0.717) is 0 Å². The Balaban J connectivity index is 1.38. The van der Waals surface area contributed by atoms with Crippen LogP contribution in [0.5, 0.6) is 0 Å². The number of pyridine rings is 1. The second-order valence-electron chi connectivity index (χ2n) is 12.6. The lowest BCUT2D eigenvalue weighted by Crippen LogP contribution is -2.55. The summed E-state index contributed by atoms with van der Waals surface area (Å²) >= 11 is 0. The maximum absolute atomic E-state index is 5.11. The number of rotatable bonds is 1. The van der Waals surface area contributed by atoms with E-state index in [1.54, 1.807) is 0 Å². The number of aryl methyl sites for hydroxylation is 4. The molecule has 0 saturated carbocycles. The fourth-order valence-corrected chi connectivity index (χ4v) is 8.68. The topological polar surface area (TPSA) is 22.8 Å². The van der Waals surface area contributed by atoms with Gasteiger partial charge in [0.2, 0.25) is 0 Å². The summed E-state index contributed by atoms with van der Waals surface area (Å²) in [5.41, 5.74) is 19.3. The van der Waals surface area contributed by atoms with Gasteiger partial charge in [0.25, 0.3) is 0 Å². The average molecular weight is 549 g/mol. The lowest BCUT2D eigenvalue weighted by molar-refractivity contribution is 1.16. The second kappa shape index (κ2) is 7.84. The Morgan fingerprint density at radius 3 is 2.26 bits per heavy atom. The van der Waals surface area contributed by atoms with Gasteiger partial charge in [-0.1, -0.05) is 66.2 Å². The Morgan fingerprint density at radius 2 is 1.40 bits per heavy atom. The number of hydrogen-bond donors (Lipinski definition) is 0. The quantitative estimate of drug-likeness (QED) is 0.190. The van der Waals surface area contributed by atoms with Gasteiger partial charge in [0.05, 0.1) is 22.2 Å². The minimum atomic E-state index is 0.0656. The van der Waals surface area contributed by atoms with Crippen LogP contribution in [0.15, 0.2) is 97.2 Å². The summed E-state index contributed by atoms with van der Waals surface area (Å²) in [7, 11) is 0. The summed E-state index contributed by atoms with van der Waals surface area (Å²) in [6.45, 7) is 8.97. The van der Waals surface area contributed by atoms with Gasteiger partial charge in [-0.15, -0.1) is 0 Å². The molecule has 3 nitrogen and oxygen atoms in total. The monoisotopic (exact) mass is 549 g/mol. The highest BCUT2D eigenvalue weighted by Gasteiger charge is 2.42. The Morgan fingerprint density at radius 1 is 0.605 bits per heavy atom. The van der Waals surface area contributed by atoms with E-state index in [0.717, 1.165) is 5.69 Å². The predicted octanol–water partition coefficient (Wildman–Crippen LogP) is 8.14. The molecule has 0 amide bonds. The number of benzene rings is 5. The van der Waals surface area contributed by atoms with Gasteiger partial charge in [-0.25, -0.2) is 0 Å². The summed E-state index contributed by atoms with van der Waals surface area (Å²) in [4.78, 5) is 5.11. The van der Waals surface area contributed by atoms with Crippen LogP contribution in [0.2, 0.25) is 0 Å². The van der Waals surface area contributed by atoms with Crippen LogP contribution in [0.3, 0.4) is 0 Å². The fourth-order valence-electron chi connectivity index (χ4n) is 8.68. The van der Waals surface area contributed by atoms with E-state index < -0.39 is 0 Å². The molecule has 43 heavy (non-hydrogen) atoms. The predicted molar refractivity (Wildman–Crippen MR) is 182 cm³/mol. The molecule has 5 aromatic carbocycles. The number of para-hydroxylation sites is 2. The number of nitrogens with zero attached hydrogens (tertiary/aromatic N) is 3. The molecular weight excluding hydrogens is 521 g/mol. The molecule has 0 saturated heterocycles. The SMILES string of the molecule is Cc1cc(C)c(-c2ccc3c(c2)c2ccnc4c2n3B2c3c(ccc(C)c3-4)-n3c4ccccc4c4cccc2c43)c(C)c1. The molecule has 0 aliphatic carbocycles. The van der Waals surface area contributed by atoms with Crippen LogP contribution in [0.1, 0.15) is 22.3 Å². The molecule has 0 fully saturated rings. The molecule has 8 aromatic rings. The van der Waals surface area contributed by atoms with Crippen molar-refractivity contribution in [1.29, 1.82) is 0 Å². The first-order valence-electron chi connectivity index (χ1n) is 15.2. The van der Waals surface area contributed by atoms with Gasteiger partial charge in [-0.2, -0.15) is 0 Å². The third-order valence-corrected chi connectivity index (χ3v) is 10.1. The van der Waals surface area contributed by atoms with Gasteiger partial charge < -0.3 is 9.05 Å². The van der Waals surface area contributed by atoms with Crippen molar-refractivity contribution in [3.05, 3.63) is 119 Å². The van der Waals surface area contributed by atoms with E-state index >= 15 is 0 Å². The van der Waals surface area contributed by atoms with Gasteiger partial charge in [-0.05, 0) is 96.8 Å². The molecule has 0 atom stereocenters. The van der Waals surface area contributed by atoms with Crippen molar-refractivity contribution in [3.8, 4) is 28.1 Å². The molecule has 0 radical (unpaired) electrons. The van der Waals surface area contributed by atoms with E-state index in [-0.39, 0.29) is 6.85 Å². The van der Waals surface area contributed by atoms with Crippen molar-refractivity contribution < 1.29 is 0 Å². The summed E-state index contributed by atoms with van der Waals surface area (Å²) in [6.07, 6.45) is 2.01. The van der Waals surface area contributed by atoms with Crippen LogP contribution in [0.4, 0.5) is 0 Å². The third kappa shape index (κ3) is 2.75. The number of hydrogen-bond acceptors (Lipinski definition) is 1. The van der Waals surface area contributed by atoms with Crippen molar-refractivity contribution in [2.24, 2.45) is 0 Å². The van der Waals surface area contributed by atoms with Crippen LogP contribution < -0.4 is 10.9 Å². The summed E-state index contributed by atoms with van der Waals surface area (Å²) in [6, 6.07) is 34.3. The van der Waals surface area contributed by atoms with Crippen LogP contribution in [-0.4, -0.2) is 20.9 Å². The normalized spacial score (nSPS) is 13.1. The molecule has 2 aliphatic heterocycles. The maximum atomic E-state index is 5.11. The molecular formula is C39H28BN3. The summed E-state index contributed by atoms with van der Waals surface area (Å²) < 4.78 is 5.11. The Bertz CT molecular complexity index is 2540. The fraction of sp³-hybridized carbons (Fsp3) is 0.103. The molecule has 0 unspecified atom stereocenters. The Hall–Kier alpha value is -5.09. The van der Waals surface area contributed by atoms with Crippen molar-refractivity contribution in [3.63, 3.8) is 0 Å². The highest BCUT2D eigenvalue weighted by Crippen LogP contribution is 2.44. The van der Waals surface area contributed by atoms with Gasteiger partial charge >= 0.3 is 6.85 Å². The number of fused-ring (bicyclic) bond motifs is 10. The maximum Gasteiger partial charge on any atom is 0.333 e. The first kappa shape index (κ1) is 23.5. The molecule has 202 valence electrons. The first-order chi connectivity index (χ1) is 21.0. The van der Waals surface area contributed by atoms with Gasteiger partial charge in [0, 0.05) is 44.5 Å². The zero-order chi connectivity index (χ0) is 28.7. The highest BCUT2D eigenvalue weighted by atomic mass is 15.0. The van der Waals surface area contributed by atoms with Crippen LogP contribution >= 0.6 is 0 Å². The minimum Gasteiger partial charge on any atom is -0.374 e. The van der Waals surface area contributed by atoms with E-state index in [1.165, 1.54) is 99.2 Å². The average Bonchev–Trinajstić information content (AvgIpc) is 3.52. The van der Waals surface area contributed by atoms with Crippen molar-refractivity contribution in [2.75, 3.05) is 0 Å². The lowest BCUT2D eigenvalue weighted by atomic mass is 9.45. The number of aromatic nitrogens is 3. The molecule has 0 N–H and O–H groups in total.